The standard InChI is InChI=1S/C19H29N3O2/c1-3-19(4-2,14-20)18(24)22-12-10-15(11-13-22)17(23)21-16-8-6-5-7-9-16/h5-9,15H,3-4,10-14,20H2,1-2H3,(H,21,23). The highest BCUT2D eigenvalue weighted by Gasteiger charge is 2.38. The zero-order valence-corrected chi connectivity index (χ0v) is 14.8. The van der Waals surface area contributed by atoms with Gasteiger partial charge in [-0.3, -0.25) is 9.59 Å². The molecule has 5 heteroatoms. The topological polar surface area (TPSA) is 75.4 Å². The lowest BCUT2D eigenvalue weighted by Crippen LogP contribution is -2.50. The van der Waals surface area contributed by atoms with Gasteiger partial charge in [-0.2, -0.15) is 0 Å². The van der Waals surface area contributed by atoms with Gasteiger partial charge in [0.1, 0.15) is 0 Å². The van der Waals surface area contributed by atoms with E-state index in [9.17, 15) is 9.59 Å². The summed E-state index contributed by atoms with van der Waals surface area (Å²) in [6.45, 7) is 5.69. The van der Waals surface area contributed by atoms with Crippen LogP contribution in [0.25, 0.3) is 0 Å². The molecule has 1 aliphatic heterocycles. The summed E-state index contributed by atoms with van der Waals surface area (Å²) in [5.41, 5.74) is 6.26. The van der Waals surface area contributed by atoms with Crippen molar-refractivity contribution >= 4 is 17.5 Å². The van der Waals surface area contributed by atoms with Gasteiger partial charge in [0.25, 0.3) is 0 Å². The van der Waals surface area contributed by atoms with E-state index in [0.29, 0.717) is 32.5 Å². The molecule has 0 saturated carbocycles. The number of para-hydroxylation sites is 1. The minimum Gasteiger partial charge on any atom is -0.342 e. The number of amides is 2. The number of rotatable bonds is 6. The van der Waals surface area contributed by atoms with Crippen LogP contribution in [0.15, 0.2) is 30.3 Å². The third kappa shape index (κ3) is 3.96. The number of hydrogen-bond donors (Lipinski definition) is 2. The van der Waals surface area contributed by atoms with Crippen molar-refractivity contribution in [2.24, 2.45) is 17.1 Å². The Hall–Kier alpha value is -1.88. The molecule has 0 radical (unpaired) electrons. The van der Waals surface area contributed by atoms with Crippen molar-refractivity contribution in [1.29, 1.82) is 0 Å². The molecule has 0 aliphatic carbocycles. The lowest BCUT2D eigenvalue weighted by molar-refractivity contribution is -0.144. The predicted molar refractivity (Wildman–Crippen MR) is 96.4 cm³/mol. The molecular formula is C19H29N3O2. The smallest absolute Gasteiger partial charge is 0.230 e. The number of benzene rings is 1. The molecule has 1 aromatic rings. The molecule has 0 aromatic heterocycles. The van der Waals surface area contributed by atoms with Gasteiger partial charge in [-0.15, -0.1) is 0 Å². The quantitative estimate of drug-likeness (QED) is 0.841. The van der Waals surface area contributed by atoms with Crippen LogP contribution >= 0.6 is 0 Å². The largest absolute Gasteiger partial charge is 0.342 e. The van der Waals surface area contributed by atoms with Crippen molar-refractivity contribution < 1.29 is 9.59 Å². The first-order chi connectivity index (χ1) is 11.6. The number of anilines is 1. The van der Waals surface area contributed by atoms with Gasteiger partial charge in [0.05, 0.1) is 5.41 Å². The first-order valence-corrected chi connectivity index (χ1v) is 8.91. The molecule has 1 fully saturated rings. The van der Waals surface area contributed by atoms with E-state index in [4.69, 9.17) is 5.73 Å². The number of piperidine rings is 1. The average molecular weight is 331 g/mol. The lowest BCUT2D eigenvalue weighted by Gasteiger charge is -2.38. The van der Waals surface area contributed by atoms with Gasteiger partial charge < -0.3 is 16.0 Å². The summed E-state index contributed by atoms with van der Waals surface area (Å²) in [4.78, 5) is 27.1. The molecule has 1 saturated heterocycles. The molecule has 132 valence electrons. The third-order valence-corrected chi connectivity index (χ3v) is 5.39. The molecule has 1 aromatic carbocycles. The molecule has 1 heterocycles. The summed E-state index contributed by atoms with van der Waals surface area (Å²) in [5, 5.41) is 2.96. The second kappa shape index (κ2) is 8.29. The Morgan fingerprint density at radius 1 is 1.17 bits per heavy atom. The van der Waals surface area contributed by atoms with E-state index in [0.717, 1.165) is 18.5 Å². The number of carbonyl (C=O) groups is 2. The zero-order valence-electron chi connectivity index (χ0n) is 14.8. The molecule has 1 aliphatic rings. The van der Waals surface area contributed by atoms with E-state index in [1.807, 2.05) is 49.1 Å². The molecule has 0 bridgehead atoms. The molecule has 3 N–H and O–H groups in total. The summed E-state index contributed by atoms with van der Waals surface area (Å²) in [6.07, 6.45) is 2.93. The second-order valence-electron chi connectivity index (χ2n) is 6.61. The third-order valence-electron chi connectivity index (χ3n) is 5.39. The Morgan fingerprint density at radius 2 is 1.75 bits per heavy atom. The molecule has 24 heavy (non-hydrogen) atoms. The summed E-state index contributed by atoms with van der Waals surface area (Å²) in [5.74, 6) is 0.158. The van der Waals surface area contributed by atoms with E-state index in [1.54, 1.807) is 0 Å². The van der Waals surface area contributed by atoms with E-state index >= 15 is 0 Å². The Kier molecular flexibility index (Phi) is 6.37. The minimum atomic E-state index is -0.445. The first kappa shape index (κ1) is 18.5. The molecular weight excluding hydrogens is 302 g/mol. The van der Waals surface area contributed by atoms with Gasteiger partial charge in [0.2, 0.25) is 11.8 Å². The second-order valence-corrected chi connectivity index (χ2v) is 6.61. The van der Waals surface area contributed by atoms with Gasteiger partial charge in [-0.25, -0.2) is 0 Å². The molecule has 5 nitrogen and oxygen atoms in total. The maximum atomic E-state index is 12.8. The Bertz CT molecular complexity index is 539. The highest BCUT2D eigenvalue weighted by Crippen LogP contribution is 2.30. The van der Waals surface area contributed by atoms with Crippen molar-refractivity contribution in [1.82, 2.24) is 4.90 Å². The molecule has 0 spiro atoms. The summed E-state index contributed by atoms with van der Waals surface area (Å²) < 4.78 is 0. The highest BCUT2D eigenvalue weighted by atomic mass is 16.2. The zero-order chi connectivity index (χ0) is 17.6. The van der Waals surface area contributed by atoms with Gasteiger partial charge in [0.15, 0.2) is 0 Å². The van der Waals surface area contributed by atoms with Crippen LogP contribution < -0.4 is 11.1 Å². The monoisotopic (exact) mass is 331 g/mol. The molecule has 0 atom stereocenters. The SMILES string of the molecule is CCC(CC)(CN)C(=O)N1CCC(C(=O)Nc2ccccc2)CC1. The predicted octanol–water partition coefficient (Wildman–Crippen LogP) is 2.63. The Morgan fingerprint density at radius 3 is 2.25 bits per heavy atom. The van der Waals surface area contributed by atoms with Crippen molar-refractivity contribution in [2.75, 3.05) is 25.0 Å². The fourth-order valence-corrected chi connectivity index (χ4v) is 3.37. The van der Waals surface area contributed by atoms with E-state index in [-0.39, 0.29) is 17.7 Å². The van der Waals surface area contributed by atoms with Crippen LogP contribution in [0.2, 0.25) is 0 Å². The normalized spacial score (nSPS) is 16.0. The van der Waals surface area contributed by atoms with Gasteiger partial charge in [-0.1, -0.05) is 32.0 Å². The minimum absolute atomic E-state index is 0.0372. The molecule has 2 rings (SSSR count). The Labute approximate surface area is 144 Å². The fraction of sp³-hybridized carbons (Fsp3) is 0.579. The number of carbonyl (C=O) groups excluding carboxylic acids is 2. The number of hydrogen-bond acceptors (Lipinski definition) is 3. The summed E-state index contributed by atoms with van der Waals surface area (Å²) >= 11 is 0. The number of nitrogens with one attached hydrogen (secondary N) is 1. The number of likely N-dealkylation sites (tertiary alicyclic amines) is 1. The fourth-order valence-electron chi connectivity index (χ4n) is 3.37. The Balaban J connectivity index is 1.91. The van der Waals surface area contributed by atoms with Crippen LogP contribution in [0.1, 0.15) is 39.5 Å². The summed E-state index contributed by atoms with van der Waals surface area (Å²) in [6, 6.07) is 9.49. The van der Waals surface area contributed by atoms with Crippen LogP contribution in [-0.2, 0) is 9.59 Å². The van der Waals surface area contributed by atoms with E-state index in [1.165, 1.54) is 0 Å². The molecule has 0 unspecified atom stereocenters. The number of nitrogens with zero attached hydrogens (tertiary/aromatic N) is 1. The van der Waals surface area contributed by atoms with Crippen LogP contribution in [-0.4, -0.2) is 36.3 Å². The highest BCUT2D eigenvalue weighted by molar-refractivity contribution is 5.92. The van der Waals surface area contributed by atoms with Gasteiger partial charge in [-0.05, 0) is 37.8 Å². The molecule has 2 amide bonds. The average Bonchev–Trinajstić information content (AvgIpc) is 2.64. The van der Waals surface area contributed by atoms with Gasteiger partial charge in [0, 0.05) is 31.2 Å². The van der Waals surface area contributed by atoms with Crippen LogP contribution in [0.4, 0.5) is 5.69 Å². The maximum absolute atomic E-state index is 12.8. The first-order valence-electron chi connectivity index (χ1n) is 8.91. The summed E-state index contributed by atoms with van der Waals surface area (Å²) in [7, 11) is 0. The van der Waals surface area contributed by atoms with Crippen LogP contribution in [0, 0.1) is 11.3 Å². The maximum Gasteiger partial charge on any atom is 0.230 e. The van der Waals surface area contributed by atoms with Crippen molar-refractivity contribution in [2.45, 2.75) is 39.5 Å². The number of nitrogens with two attached hydrogens (primary N) is 1. The van der Waals surface area contributed by atoms with Crippen LogP contribution in [0.5, 0.6) is 0 Å². The van der Waals surface area contributed by atoms with Crippen molar-refractivity contribution in [3.05, 3.63) is 30.3 Å². The van der Waals surface area contributed by atoms with E-state index < -0.39 is 5.41 Å². The van der Waals surface area contributed by atoms with Gasteiger partial charge >= 0.3 is 0 Å². The van der Waals surface area contributed by atoms with E-state index in [2.05, 4.69) is 5.32 Å². The van der Waals surface area contributed by atoms with Crippen LogP contribution in [0.3, 0.4) is 0 Å². The van der Waals surface area contributed by atoms with Crippen molar-refractivity contribution in [3.8, 4) is 0 Å². The lowest BCUT2D eigenvalue weighted by atomic mass is 9.80. The van der Waals surface area contributed by atoms with Crippen molar-refractivity contribution in [3.63, 3.8) is 0 Å².